The van der Waals surface area contributed by atoms with Crippen molar-refractivity contribution in [1.82, 2.24) is 10.2 Å². The summed E-state index contributed by atoms with van der Waals surface area (Å²) in [6.07, 6.45) is 3.41. The molecule has 1 saturated heterocycles. The smallest absolute Gasteiger partial charge is 0.0693 e. The van der Waals surface area contributed by atoms with Gasteiger partial charge in [-0.3, -0.25) is 0 Å². The quantitative estimate of drug-likeness (QED) is 0.732. The van der Waals surface area contributed by atoms with Crippen LogP contribution in [0.3, 0.4) is 0 Å². The fourth-order valence-corrected chi connectivity index (χ4v) is 2.90. The average Bonchev–Trinajstić information content (AvgIpc) is 2.39. The Bertz CT molecular complexity index is 229. The highest BCUT2D eigenvalue weighted by molar-refractivity contribution is 4.86. The van der Waals surface area contributed by atoms with Gasteiger partial charge in [0.05, 0.1) is 6.10 Å². The number of piperidine rings is 1. The van der Waals surface area contributed by atoms with Crippen LogP contribution >= 0.6 is 0 Å². The lowest BCUT2D eigenvalue weighted by atomic mass is 9.80. The lowest BCUT2D eigenvalue weighted by Crippen LogP contribution is -2.49. The van der Waals surface area contributed by atoms with Crippen LogP contribution in [-0.2, 0) is 0 Å². The van der Waals surface area contributed by atoms with Crippen molar-refractivity contribution in [2.75, 3.05) is 32.7 Å². The molecule has 1 fully saturated rings. The summed E-state index contributed by atoms with van der Waals surface area (Å²) < 4.78 is 0. The van der Waals surface area contributed by atoms with Gasteiger partial charge in [0.2, 0.25) is 0 Å². The summed E-state index contributed by atoms with van der Waals surface area (Å²) >= 11 is 0. The Morgan fingerprint density at radius 2 is 1.94 bits per heavy atom. The van der Waals surface area contributed by atoms with Gasteiger partial charge in [-0.2, -0.15) is 0 Å². The molecule has 0 bridgehead atoms. The van der Waals surface area contributed by atoms with Crippen LogP contribution in [-0.4, -0.2) is 48.8 Å². The number of nitrogens with zero attached hydrogens (tertiary/aromatic N) is 1. The third-order valence-corrected chi connectivity index (χ3v) is 4.81. The Kier molecular flexibility index (Phi) is 6.61. The first-order chi connectivity index (χ1) is 8.56. The van der Waals surface area contributed by atoms with Gasteiger partial charge in [-0.25, -0.2) is 0 Å². The minimum absolute atomic E-state index is 0.135. The second-order valence-corrected chi connectivity index (χ2v) is 6.06. The minimum Gasteiger partial charge on any atom is -0.392 e. The molecular formula is C15H32N2O. The molecule has 0 radical (unpaired) electrons. The standard InChI is InChI=1S/C15H32N2O/c1-5-15(6-2,11-16-7-3)12-17-9-8-13(4)14(18)10-17/h13-14,16,18H,5-12H2,1-4H3. The molecule has 0 spiro atoms. The lowest BCUT2D eigenvalue weighted by molar-refractivity contribution is 0.00784. The van der Waals surface area contributed by atoms with E-state index in [-0.39, 0.29) is 6.10 Å². The van der Waals surface area contributed by atoms with Crippen molar-refractivity contribution in [2.45, 2.75) is 53.1 Å². The van der Waals surface area contributed by atoms with E-state index in [0.29, 0.717) is 11.3 Å². The molecule has 2 N–H and O–H groups in total. The highest BCUT2D eigenvalue weighted by Gasteiger charge is 2.32. The molecule has 1 rings (SSSR count). The zero-order valence-corrected chi connectivity index (χ0v) is 12.7. The van der Waals surface area contributed by atoms with Crippen molar-refractivity contribution < 1.29 is 5.11 Å². The van der Waals surface area contributed by atoms with Crippen molar-refractivity contribution in [1.29, 1.82) is 0 Å². The van der Waals surface area contributed by atoms with E-state index in [1.54, 1.807) is 0 Å². The number of likely N-dealkylation sites (tertiary alicyclic amines) is 1. The first-order valence-electron chi connectivity index (χ1n) is 7.68. The van der Waals surface area contributed by atoms with Crippen molar-refractivity contribution in [3.8, 4) is 0 Å². The highest BCUT2D eigenvalue weighted by Crippen LogP contribution is 2.29. The van der Waals surface area contributed by atoms with Crippen LogP contribution in [0.5, 0.6) is 0 Å². The van der Waals surface area contributed by atoms with Gasteiger partial charge in [-0.05, 0) is 43.7 Å². The van der Waals surface area contributed by atoms with Crippen LogP contribution in [0.15, 0.2) is 0 Å². The number of hydrogen-bond donors (Lipinski definition) is 2. The summed E-state index contributed by atoms with van der Waals surface area (Å²) in [7, 11) is 0. The van der Waals surface area contributed by atoms with Gasteiger partial charge in [-0.1, -0.05) is 27.7 Å². The largest absolute Gasteiger partial charge is 0.392 e. The average molecular weight is 256 g/mol. The summed E-state index contributed by atoms with van der Waals surface area (Å²) in [5.74, 6) is 0.465. The maximum atomic E-state index is 10.0. The van der Waals surface area contributed by atoms with E-state index < -0.39 is 0 Å². The van der Waals surface area contributed by atoms with E-state index in [9.17, 15) is 5.11 Å². The predicted molar refractivity (Wildman–Crippen MR) is 77.8 cm³/mol. The maximum Gasteiger partial charge on any atom is 0.0693 e. The van der Waals surface area contributed by atoms with E-state index in [4.69, 9.17) is 0 Å². The number of rotatable bonds is 7. The highest BCUT2D eigenvalue weighted by atomic mass is 16.3. The van der Waals surface area contributed by atoms with Crippen LogP contribution in [0.25, 0.3) is 0 Å². The summed E-state index contributed by atoms with van der Waals surface area (Å²) in [5.41, 5.74) is 0.371. The van der Waals surface area contributed by atoms with E-state index in [0.717, 1.165) is 39.1 Å². The summed E-state index contributed by atoms with van der Waals surface area (Å²) in [6, 6.07) is 0. The lowest BCUT2D eigenvalue weighted by Gasteiger charge is -2.41. The van der Waals surface area contributed by atoms with Gasteiger partial charge in [-0.15, -0.1) is 0 Å². The topological polar surface area (TPSA) is 35.5 Å². The molecule has 0 aliphatic carbocycles. The Labute approximate surface area is 113 Å². The van der Waals surface area contributed by atoms with Crippen LogP contribution in [0, 0.1) is 11.3 Å². The molecule has 2 atom stereocenters. The first-order valence-corrected chi connectivity index (χ1v) is 7.68. The van der Waals surface area contributed by atoms with Crippen molar-refractivity contribution in [2.24, 2.45) is 11.3 Å². The number of hydrogen-bond acceptors (Lipinski definition) is 3. The van der Waals surface area contributed by atoms with Crippen molar-refractivity contribution in [3.63, 3.8) is 0 Å². The molecule has 3 heteroatoms. The third-order valence-electron chi connectivity index (χ3n) is 4.81. The Morgan fingerprint density at radius 3 is 2.44 bits per heavy atom. The zero-order chi connectivity index (χ0) is 13.6. The predicted octanol–water partition coefficient (Wildman–Crippen LogP) is 2.11. The molecule has 3 nitrogen and oxygen atoms in total. The third kappa shape index (κ3) is 4.22. The Balaban J connectivity index is 2.55. The Hall–Kier alpha value is -0.120. The minimum atomic E-state index is -0.135. The number of β-amino-alcohol motifs (C(OH)–C–C–N with tert-alkyl or cyclic N) is 1. The molecule has 2 unspecified atom stereocenters. The van der Waals surface area contributed by atoms with Crippen LogP contribution in [0.2, 0.25) is 0 Å². The van der Waals surface area contributed by atoms with E-state index in [1.807, 2.05) is 0 Å². The van der Waals surface area contributed by atoms with E-state index in [2.05, 4.69) is 37.9 Å². The molecule has 0 aromatic rings. The van der Waals surface area contributed by atoms with E-state index in [1.165, 1.54) is 12.8 Å². The van der Waals surface area contributed by atoms with Gasteiger partial charge >= 0.3 is 0 Å². The zero-order valence-electron chi connectivity index (χ0n) is 12.7. The number of aliphatic hydroxyl groups excluding tert-OH is 1. The van der Waals surface area contributed by atoms with Crippen LogP contribution in [0.1, 0.15) is 47.0 Å². The molecule has 108 valence electrons. The van der Waals surface area contributed by atoms with Gasteiger partial charge < -0.3 is 15.3 Å². The molecule has 0 amide bonds. The number of nitrogens with one attached hydrogen (secondary N) is 1. The van der Waals surface area contributed by atoms with Gasteiger partial charge in [0.15, 0.2) is 0 Å². The fourth-order valence-electron chi connectivity index (χ4n) is 2.90. The monoisotopic (exact) mass is 256 g/mol. The SMILES string of the molecule is CCNCC(CC)(CC)CN1CCC(C)C(O)C1. The maximum absolute atomic E-state index is 10.0. The second kappa shape index (κ2) is 7.46. The van der Waals surface area contributed by atoms with Crippen LogP contribution < -0.4 is 5.32 Å². The summed E-state index contributed by atoms with van der Waals surface area (Å²) in [6.45, 7) is 14.2. The first kappa shape index (κ1) is 15.9. The van der Waals surface area contributed by atoms with Gasteiger partial charge in [0.1, 0.15) is 0 Å². The number of aliphatic hydroxyl groups is 1. The fraction of sp³-hybridized carbons (Fsp3) is 1.00. The normalized spacial score (nSPS) is 26.5. The molecular weight excluding hydrogens is 224 g/mol. The second-order valence-electron chi connectivity index (χ2n) is 6.06. The summed E-state index contributed by atoms with van der Waals surface area (Å²) in [4.78, 5) is 2.47. The van der Waals surface area contributed by atoms with Crippen LogP contribution in [0.4, 0.5) is 0 Å². The molecule has 1 aliphatic rings. The molecule has 0 aromatic heterocycles. The molecule has 1 aliphatic heterocycles. The van der Waals surface area contributed by atoms with Crippen molar-refractivity contribution >= 4 is 0 Å². The van der Waals surface area contributed by atoms with Gasteiger partial charge in [0.25, 0.3) is 0 Å². The van der Waals surface area contributed by atoms with Gasteiger partial charge in [0, 0.05) is 19.6 Å². The molecule has 0 saturated carbocycles. The van der Waals surface area contributed by atoms with Crippen molar-refractivity contribution in [3.05, 3.63) is 0 Å². The molecule has 18 heavy (non-hydrogen) atoms. The molecule has 0 aromatic carbocycles. The Morgan fingerprint density at radius 1 is 1.28 bits per heavy atom. The van der Waals surface area contributed by atoms with E-state index >= 15 is 0 Å². The molecule has 1 heterocycles. The summed E-state index contributed by atoms with van der Waals surface area (Å²) in [5, 5.41) is 13.5.